The van der Waals surface area contributed by atoms with E-state index in [0.29, 0.717) is 0 Å². The molecule has 0 unspecified atom stereocenters. The van der Waals surface area contributed by atoms with Gasteiger partial charge < -0.3 is 9.47 Å². The lowest BCUT2D eigenvalue weighted by Gasteiger charge is -2.20. The van der Waals surface area contributed by atoms with Crippen LogP contribution in [0.3, 0.4) is 0 Å². The molecule has 31 heavy (non-hydrogen) atoms. The van der Waals surface area contributed by atoms with Crippen molar-refractivity contribution in [2.45, 2.75) is 17.8 Å². The van der Waals surface area contributed by atoms with Crippen molar-refractivity contribution < 1.29 is 19.1 Å². The zero-order valence-electron chi connectivity index (χ0n) is 17.4. The van der Waals surface area contributed by atoms with E-state index in [4.69, 9.17) is 9.47 Å². The van der Waals surface area contributed by atoms with Gasteiger partial charge in [-0.25, -0.2) is 0 Å². The van der Waals surface area contributed by atoms with Crippen LogP contribution in [0.1, 0.15) is 18.1 Å². The summed E-state index contributed by atoms with van der Waals surface area (Å²) in [6.07, 6.45) is 2.19. The Hall–Kier alpha value is -1.92. The Morgan fingerprint density at radius 1 is 0.774 bits per heavy atom. The molecule has 0 spiro atoms. The van der Waals surface area contributed by atoms with Gasteiger partial charge in [-0.15, -0.1) is 0 Å². The number of hydrogen-bond donors (Lipinski definition) is 0. The van der Waals surface area contributed by atoms with E-state index < -0.39 is 10.8 Å². The molecule has 0 amide bonds. The molecule has 0 radical (unpaired) electrons. The van der Waals surface area contributed by atoms with Gasteiger partial charge in [-0.05, 0) is 54.2 Å². The normalized spacial score (nSPS) is 34.7. The summed E-state index contributed by atoms with van der Waals surface area (Å²) >= 11 is 6.97. The summed E-state index contributed by atoms with van der Waals surface area (Å²) in [4.78, 5) is 26.6. The van der Waals surface area contributed by atoms with Crippen LogP contribution in [0, 0.1) is 23.7 Å². The molecule has 6 heteroatoms. The molecule has 6 atom stereocenters. The van der Waals surface area contributed by atoms with Crippen molar-refractivity contribution in [2.75, 3.05) is 14.2 Å². The SMILES string of the molecule is COC(=O)[C@]1(c2ccc(Br)cc2)[C@H]2[C@H]3[C@@H](C(C)=C[C@H]21)[C@@]3(C(=O)OC)c1ccc(Br)cc1. The number of carbonyl (C=O) groups is 2. The second-order valence-corrected chi connectivity index (χ2v) is 10.5. The minimum Gasteiger partial charge on any atom is -0.468 e. The lowest BCUT2D eigenvalue weighted by molar-refractivity contribution is -0.146. The largest absolute Gasteiger partial charge is 0.468 e. The molecule has 3 aliphatic rings. The number of esters is 2. The summed E-state index contributed by atoms with van der Waals surface area (Å²) in [6.45, 7) is 2.07. The summed E-state index contributed by atoms with van der Waals surface area (Å²) < 4.78 is 12.6. The number of halogens is 2. The molecule has 2 saturated carbocycles. The maximum atomic E-state index is 13.3. The number of allylic oxidation sites excluding steroid dienone is 2. The number of methoxy groups -OCH3 is 2. The number of rotatable bonds is 4. The number of benzene rings is 2. The first kappa shape index (κ1) is 21.0. The number of fused-ring (bicyclic) bond motifs is 3. The van der Waals surface area contributed by atoms with E-state index in [1.165, 1.54) is 14.2 Å². The third kappa shape index (κ3) is 2.58. The highest BCUT2D eigenvalue weighted by Crippen LogP contribution is 2.81. The van der Waals surface area contributed by atoms with Gasteiger partial charge in [0.25, 0.3) is 0 Å². The van der Waals surface area contributed by atoms with Crippen LogP contribution < -0.4 is 0 Å². The maximum Gasteiger partial charge on any atom is 0.317 e. The molecule has 0 bridgehead atoms. The molecule has 2 aromatic carbocycles. The molecule has 160 valence electrons. The molecule has 3 aliphatic carbocycles. The molecule has 4 nitrogen and oxygen atoms in total. The Labute approximate surface area is 198 Å². The van der Waals surface area contributed by atoms with E-state index in [2.05, 4.69) is 44.9 Å². The average Bonchev–Trinajstić information content (AvgIpc) is 3.65. The first-order chi connectivity index (χ1) is 14.8. The van der Waals surface area contributed by atoms with Crippen LogP contribution in [-0.2, 0) is 29.9 Å². The lowest BCUT2D eigenvalue weighted by atomic mass is 9.86. The Bertz CT molecular complexity index is 1110. The monoisotopic (exact) mass is 544 g/mol. The quantitative estimate of drug-likeness (QED) is 0.392. The first-order valence-electron chi connectivity index (χ1n) is 10.2. The van der Waals surface area contributed by atoms with Crippen LogP contribution in [0.15, 0.2) is 69.1 Å². The minimum atomic E-state index is -0.777. The number of ether oxygens (including phenoxy) is 2. The van der Waals surface area contributed by atoms with Gasteiger partial charge in [-0.1, -0.05) is 67.8 Å². The second-order valence-electron chi connectivity index (χ2n) is 8.70. The smallest absolute Gasteiger partial charge is 0.317 e. The van der Waals surface area contributed by atoms with Gasteiger partial charge in [0, 0.05) is 20.8 Å². The third-order valence-corrected chi connectivity index (χ3v) is 8.66. The van der Waals surface area contributed by atoms with E-state index in [1.807, 2.05) is 48.5 Å². The second kappa shape index (κ2) is 7.04. The number of carbonyl (C=O) groups excluding carboxylic acids is 2. The Morgan fingerprint density at radius 2 is 1.23 bits per heavy atom. The molecular formula is C25H22Br2O4. The van der Waals surface area contributed by atoms with Crippen molar-refractivity contribution in [1.82, 2.24) is 0 Å². The van der Waals surface area contributed by atoms with Gasteiger partial charge in [-0.2, -0.15) is 0 Å². The van der Waals surface area contributed by atoms with Crippen LogP contribution >= 0.6 is 31.9 Å². The van der Waals surface area contributed by atoms with E-state index >= 15 is 0 Å². The van der Waals surface area contributed by atoms with Crippen molar-refractivity contribution >= 4 is 43.8 Å². The molecule has 0 aromatic heterocycles. The highest BCUT2D eigenvalue weighted by atomic mass is 79.9. The Balaban J connectivity index is 1.67. The molecule has 2 aromatic rings. The van der Waals surface area contributed by atoms with Crippen molar-refractivity contribution in [2.24, 2.45) is 23.7 Å². The fraction of sp³-hybridized carbons (Fsp3) is 0.360. The molecular weight excluding hydrogens is 524 g/mol. The highest BCUT2D eigenvalue weighted by Gasteiger charge is 2.86. The molecule has 2 fully saturated rings. The van der Waals surface area contributed by atoms with Crippen LogP contribution in [0.2, 0.25) is 0 Å². The standard InChI is InChI=1S/C25H22Br2O4/c1-13-12-18-20(24(18,22(28)30-2)14-4-8-16(26)9-5-14)21-19(13)25(21,23(29)31-3)15-6-10-17(27)11-7-15/h4-12,18-21H,1-3H3/t18-,19-,20-,21-,24+,25+/m1/s1. The van der Waals surface area contributed by atoms with E-state index in [-0.39, 0.29) is 35.6 Å². The summed E-state index contributed by atoms with van der Waals surface area (Å²) in [7, 11) is 2.88. The van der Waals surface area contributed by atoms with E-state index in [1.54, 1.807) is 0 Å². The molecule has 0 saturated heterocycles. The van der Waals surface area contributed by atoms with Gasteiger partial charge in [0.1, 0.15) is 10.8 Å². The van der Waals surface area contributed by atoms with Crippen molar-refractivity contribution in [3.63, 3.8) is 0 Å². The van der Waals surface area contributed by atoms with E-state index in [0.717, 1.165) is 25.6 Å². The van der Waals surface area contributed by atoms with Crippen LogP contribution in [-0.4, -0.2) is 26.2 Å². The zero-order valence-corrected chi connectivity index (χ0v) is 20.6. The third-order valence-electron chi connectivity index (χ3n) is 7.61. The van der Waals surface area contributed by atoms with Gasteiger partial charge in [0.05, 0.1) is 14.2 Å². The Kier molecular flexibility index (Phi) is 4.76. The van der Waals surface area contributed by atoms with Crippen LogP contribution in [0.5, 0.6) is 0 Å². The van der Waals surface area contributed by atoms with Crippen LogP contribution in [0.4, 0.5) is 0 Å². The molecule has 0 N–H and O–H groups in total. The van der Waals surface area contributed by atoms with Gasteiger partial charge in [-0.3, -0.25) is 9.59 Å². The minimum absolute atomic E-state index is 0.00403. The maximum absolute atomic E-state index is 13.3. The van der Waals surface area contributed by atoms with Crippen molar-refractivity contribution in [3.05, 3.63) is 80.3 Å². The van der Waals surface area contributed by atoms with Crippen LogP contribution in [0.25, 0.3) is 0 Å². The summed E-state index contributed by atoms with van der Waals surface area (Å²) in [5.41, 5.74) is 1.46. The fourth-order valence-electron chi connectivity index (χ4n) is 6.44. The highest BCUT2D eigenvalue weighted by molar-refractivity contribution is 9.10. The zero-order chi connectivity index (χ0) is 22.1. The molecule has 0 heterocycles. The average molecular weight is 546 g/mol. The van der Waals surface area contributed by atoms with Gasteiger partial charge >= 0.3 is 11.9 Å². The summed E-state index contributed by atoms with van der Waals surface area (Å²) in [5, 5.41) is 0. The lowest BCUT2D eigenvalue weighted by Crippen LogP contribution is -2.30. The predicted octanol–water partition coefficient (Wildman–Crippen LogP) is 5.19. The van der Waals surface area contributed by atoms with Gasteiger partial charge in [0.15, 0.2) is 0 Å². The molecule has 5 rings (SSSR count). The van der Waals surface area contributed by atoms with Crippen molar-refractivity contribution in [3.8, 4) is 0 Å². The summed E-state index contributed by atoms with van der Waals surface area (Å²) in [5.74, 6) is -0.485. The Morgan fingerprint density at radius 3 is 1.71 bits per heavy atom. The predicted molar refractivity (Wildman–Crippen MR) is 123 cm³/mol. The van der Waals surface area contributed by atoms with Gasteiger partial charge in [0.2, 0.25) is 0 Å². The summed E-state index contributed by atoms with van der Waals surface area (Å²) in [6, 6.07) is 15.8. The molecule has 0 aliphatic heterocycles. The topological polar surface area (TPSA) is 52.6 Å². The number of hydrogen-bond acceptors (Lipinski definition) is 4. The van der Waals surface area contributed by atoms with E-state index in [9.17, 15) is 9.59 Å². The first-order valence-corrected chi connectivity index (χ1v) is 11.8. The fourth-order valence-corrected chi connectivity index (χ4v) is 6.96. The van der Waals surface area contributed by atoms with Crippen molar-refractivity contribution in [1.29, 1.82) is 0 Å².